The molecule has 0 spiro atoms. The van der Waals surface area contributed by atoms with Crippen LogP contribution in [0.2, 0.25) is 0 Å². The van der Waals surface area contributed by atoms with Gasteiger partial charge in [0.1, 0.15) is 0 Å². The third-order valence-electron chi connectivity index (χ3n) is 3.69. The molecule has 0 bridgehead atoms. The predicted molar refractivity (Wildman–Crippen MR) is 65.5 cm³/mol. The summed E-state index contributed by atoms with van der Waals surface area (Å²) in [6.07, 6.45) is 3.43. The Labute approximate surface area is 98.1 Å². The van der Waals surface area contributed by atoms with Crippen LogP contribution in [0.15, 0.2) is 12.2 Å². The second kappa shape index (κ2) is 4.21. The van der Waals surface area contributed by atoms with Crippen molar-refractivity contribution in [3.63, 3.8) is 0 Å². The Morgan fingerprint density at radius 1 is 1.25 bits per heavy atom. The summed E-state index contributed by atoms with van der Waals surface area (Å²) in [6, 6.07) is 0. The molecule has 1 aliphatic heterocycles. The van der Waals surface area contributed by atoms with Crippen LogP contribution in [-0.2, 0) is 4.79 Å². The monoisotopic (exact) mass is 225 g/mol. The number of carbonyl (C=O) groups is 1. The molecule has 0 saturated carbocycles. The first kappa shape index (κ1) is 13.2. The van der Waals surface area contributed by atoms with E-state index in [1.165, 1.54) is 6.42 Å². The maximum Gasteiger partial charge on any atom is 0.332 e. The van der Waals surface area contributed by atoms with Gasteiger partial charge in [-0.05, 0) is 47.0 Å². The van der Waals surface area contributed by atoms with E-state index < -0.39 is 5.97 Å². The van der Waals surface area contributed by atoms with Gasteiger partial charge in [0.2, 0.25) is 0 Å². The van der Waals surface area contributed by atoms with Gasteiger partial charge in [0.05, 0.1) is 0 Å². The molecule has 3 heteroatoms. The molecule has 16 heavy (non-hydrogen) atoms. The number of aliphatic carboxylic acids is 1. The third-order valence-corrected chi connectivity index (χ3v) is 3.69. The molecule has 0 aromatic heterocycles. The molecule has 0 amide bonds. The normalized spacial score (nSPS) is 24.0. The first-order chi connectivity index (χ1) is 7.17. The highest BCUT2D eigenvalue weighted by Crippen LogP contribution is 2.38. The zero-order chi connectivity index (χ0) is 12.6. The van der Waals surface area contributed by atoms with Crippen molar-refractivity contribution < 1.29 is 9.90 Å². The molecule has 0 aliphatic carbocycles. The van der Waals surface area contributed by atoms with Gasteiger partial charge in [-0.3, -0.25) is 4.90 Å². The van der Waals surface area contributed by atoms with Crippen LogP contribution in [0.5, 0.6) is 0 Å². The Hall–Kier alpha value is -0.830. The van der Waals surface area contributed by atoms with Gasteiger partial charge in [0.25, 0.3) is 0 Å². The van der Waals surface area contributed by atoms with Crippen LogP contribution in [0, 0.1) is 0 Å². The van der Waals surface area contributed by atoms with E-state index in [0.29, 0.717) is 6.54 Å². The number of hydrogen-bond acceptors (Lipinski definition) is 2. The third kappa shape index (κ3) is 2.64. The summed E-state index contributed by atoms with van der Waals surface area (Å²) >= 11 is 0. The van der Waals surface area contributed by atoms with E-state index in [2.05, 4.69) is 39.2 Å². The van der Waals surface area contributed by atoms with E-state index in [1.807, 2.05) is 0 Å². The lowest BCUT2D eigenvalue weighted by molar-refractivity contribution is -0.133. The predicted octanol–water partition coefficient (Wildman–Crippen LogP) is 2.67. The molecule has 1 rings (SSSR count). The smallest absolute Gasteiger partial charge is 0.332 e. The first-order valence-electron chi connectivity index (χ1n) is 5.86. The lowest BCUT2D eigenvalue weighted by atomic mass is 9.79. The van der Waals surface area contributed by atoms with E-state index >= 15 is 0 Å². The molecule has 0 atom stereocenters. The van der Waals surface area contributed by atoms with Gasteiger partial charge in [-0.2, -0.15) is 0 Å². The van der Waals surface area contributed by atoms with Crippen molar-refractivity contribution in [3.05, 3.63) is 12.2 Å². The standard InChI is InChI=1S/C13H23NO2/c1-10(11(15)16)9-14-12(2,3)7-6-8-13(14,4)5/h1,6-9H2,2-5H3,(H,15,16). The maximum atomic E-state index is 10.9. The molecule has 1 N–H and O–H groups in total. The molecule has 1 fully saturated rings. The summed E-state index contributed by atoms with van der Waals surface area (Å²) in [5.41, 5.74) is 0.392. The topological polar surface area (TPSA) is 40.5 Å². The molecule has 92 valence electrons. The summed E-state index contributed by atoms with van der Waals surface area (Å²) in [4.78, 5) is 13.1. The van der Waals surface area contributed by atoms with Gasteiger partial charge in [0.15, 0.2) is 0 Å². The van der Waals surface area contributed by atoms with E-state index in [9.17, 15) is 4.79 Å². The quantitative estimate of drug-likeness (QED) is 0.751. The maximum absolute atomic E-state index is 10.9. The number of hydrogen-bond donors (Lipinski definition) is 1. The van der Waals surface area contributed by atoms with Gasteiger partial charge in [-0.25, -0.2) is 4.79 Å². The molecule has 1 aliphatic rings. The fraction of sp³-hybridized carbons (Fsp3) is 0.769. The number of rotatable bonds is 3. The van der Waals surface area contributed by atoms with Crippen molar-refractivity contribution in [1.82, 2.24) is 4.90 Å². The van der Waals surface area contributed by atoms with Crippen molar-refractivity contribution in [2.45, 2.75) is 58.0 Å². The number of piperidine rings is 1. The second-order valence-corrected chi connectivity index (χ2v) is 5.97. The molecule has 0 aromatic carbocycles. The molecule has 1 heterocycles. The fourth-order valence-electron chi connectivity index (χ4n) is 2.73. The summed E-state index contributed by atoms with van der Waals surface area (Å²) in [6.45, 7) is 12.8. The van der Waals surface area contributed by atoms with E-state index in [1.54, 1.807) is 0 Å². The van der Waals surface area contributed by atoms with Crippen LogP contribution >= 0.6 is 0 Å². The fourth-order valence-corrected chi connectivity index (χ4v) is 2.73. The molecule has 0 radical (unpaired) electrons. The zero-order valence-corrected chi connectivity index (χ0v) is 10.8. The van der Waals surface area contributed by atoms with Crippen molar-refractivity contribution in [2.75, 3.05) is 6.54 Å². The molecule has 3 nitrogen and oxygen atoms in total. The van der Waals surface area contributed by atoms with Gasteiger partial charge in [-0.15, -0.1) is 0 Å². The SMILES string of the molecule is C=C(CN1C(C)(C)CCCC1(C)C)C(=O)O. The Morgan fingerprint density at radius 3 is 2.06 bits per heavy atom. The van der Waals surface area contributed by atoms with Gasteiger partial charge in [0, 0.05) is 23.2 Å². The zero-order valence-electron chi connectivity index (χ0n) is 10.8. The first-order valence-corrected chi connectivity index (χ1v) is 5.86. The minimum atomic E-state index is -0.892. The number of nitrogens with zero attached hydrogens (tertiary/aromatic N) is 1. The van der Waals surface area contributed by atoms with Crippen LogP contribution in [-0.4, -0.2) is 33.6 Å². The Kier molecular flexibility index (Phi) is 3.48. The van der Waals surface area contributed by atoms with E-state index in [-0.39, 0.29) is 16.7 Å². The van der Waals surface area contributed by atoms with Crippen molar-refractivity contribution >= 4 is 5.97 Å². The largest absolute Gasteiger partial charge is 0.478 e. The molecule has 1 saturated heterocycles. The van der Waals surface area contributed by atoms with Crippen LogP contribution in [0.3, 0.4) is 0 Å². The summed E-state index contributed by atoms with van der Waals surface area (Å²) in [7, 11) is 0. The van der Waals surface area contributed by atoms with Crippen LogP contribution < -0.4 is 0 Å². The number of carboxylic acid groups (broad SMARTS) is 1. The second-order valence-electron chi connectivity index (χ2n) is 5.97. The van der Waals surface area contributed by atoms with Crippen molar-refractivity contribution in [1.29, 1.82) is 0 Å². The highest BCUT2D eigenvalue weighted by Gasteiger charge is 2.41. The minimum absolute atomic E-state index is 0.0557. The van der Waals surface area contributed by atoms with Gasteiger partial charge in [-0.1, -0.05) is 6.58 Å². The summed E-state index contributed by atoms with van der Waals surface area (Å²) in [5.74, 6) is -0.892. The van der Waals surface area contributed by atoms with Gasteiger partial charge < -0.3 is 5.11 Å². The average Bonchev–Trinajstić information content (AvgIpc) is 2.10. The van der Waals surface area contributed by atoms with Crippen LogP contribution in [0.1, 0.15) is 47.0 Å². The van der Waals surface area contributed by atoms with Crippen molar-refractivity contribution in [3.8, 4) is 0 Å². The lowest BCUT2D eigenvalue weighted by Crippen LogP contribution is -2.59. The molecule has 0 unspecified atom stereocenters. The number of likely N-dealkylation sites (tertiary alicyclic amines) is 1. The molecule has 0 aromatic rings. The lowest BCUT2D eigenvalue weighted by Gasteiger charge is -2.53. The van der Waals surface area contributed by atoms with E-state index in [4.69, 9.17) is 5.11 Å². The van der Waals surface area contributed by atoms with Crippen LogP contribution in [0.4, 0.5) is 0 Å². The summed E-state index contributed by atoms with van der Waals surface area (Å²) in [5, 5.41) is 8.93. The number of carboxylic acids is 1. The van der Waals surface area contributed by atoms with E-state index in [0.717, 1.165) is 12.8 Å². The van der Waals surface area contributed by atoms with Crippen molar-refractivity contribution in [2.24, 2.45) is 0 Å². The van der Waals surface area contributed by atoms with Crippen LogP contribution in [0.25, 0.3) is 0 Å². The average molecular weight is 225 g/mol. The Morgan fingerprint density at radius 2 is 1.69 bits per heavy atom. The minimum Gasteiger partial charge on any atom is -0.478 e. The molecular formula is C13H23NO2. The Balaban J connectivity index is 2.87. The Bertz CT molecular complexity index is 289. The summed E-state index contributed by atoms with van der Waals surface area (Å²) < 4.78 is 0. The highest BCUT2D eigenvalue weighted by molar-refractivity contribution is 5.86. The highest BCUT2D eigenvalue weighted by atomic mass is 16.4. The van der Waals surface area contributed by atoms with Gasteiger partial charge >= 0.3 is 5.97 Å². The molecular weight excluding hydrogens is 202 g/mol.